The highest BCUT2D eigenvalue weighted by Gasteiger charge is 1.96. The maximum Gasteiger partial charge on any atom is 0.253 e. The zero-order chi connectivity index (χ0) is 4.99. The molecule has 0 rings (SSSR count). The third-order valence-electron chi connectivity index (χ3n) is 0.246. The summed E-state index contributed by atoms with van der Waals surface area (Å²) >= 11 is 0. The average molecular weight is 97.1 g/mol. The lowest BCUT2D eigenvalue weighted by atomic mass is 10.7. The molecule has 38 valence electrons. The minimum Gasteiger partial charge on any atom is -0.317 e. The molecule has 0 aromatic carbocycles. The van der Waals surface area contributed by atoms with E-state index < -0.39 is 13.0 Å². The zero-order valence-corrected chi connectivity index (χ0v) is 2.99. The summed E-state index contributed by atoms with van der Waals surface area (Å²) < 4.78 is 21.6. The third-order valence-corrected chi connectivity index (χ3v) is 0.246. The van der Waals surface area contributed by atoms with Crippen LogP contribution < -0.4 is 5.48 Å². The van der Waals surface area contributed by atoms with Crippen LogP contribution in [-0.4, -0.2) is 18.2 Å². The summed E-state index contributed by atoms with van der Waals surface area (Å²) in [6, 6.07) is 0. The Morgan fingerprint density at radius 2 is 2.17 bits per heavy atom. The number of rotatable bonds is 2. The standard InChI is InChI=1S/C2H5F2NO/c3-2(4)1-5-6/h2,5-6H,1H2. The molecule has 0 fully saturated rings. The lowest BCUT2D eigenvalue weighted by Gasteiger charge is -1.90. The van der Waals surface area contributed by atoms with Crippen LogP contribution in [0.3, 0.4) is 0 Å². The van der Waals surface area contributed by atoms with Crippen LogP contribution in [0.5, 0.6) is 0 Å². The fourth-order valence-corrected chi connectivity index (χ4v) is 0.0690. The minimum atomic E-state index is -2.46. The van der Waals surface area contributed by atoms with Gasteiger partial charge in [0.2, 0.25) is 0 Å². The Kier molecular flexibility index (Phi) is 2.88. The topological polar surface area (TPSA) is 32.3 Å². The highest BCUT2D eigenvalue weighted by atomic mass is 19.3. The minimum absolute atomic E-state index is 0.653. The second-order valence-corrected chi connectivity index (χ2v) is 0.753. The summed E-state index contributed by atoms with van der Waals surface area (Å²) in [7, 11) is 0. The lowest BCUT2D eigenvalue weighted by molar-refractivity contribution is 0.0742. The van der Waals surface area contributed by atoms with E-state index in [9.17, 15) is 8.78 Å². The first-order chi connectivity index (χ1) is 2.77. The third kappa shape index (κ3) is 3.78. The molecule has 0 aromatic rings. The highest BCUT2D eigenvalue weighted by Crippen LogP contribution is 1.84. The maximum atomic E-state index is 10.8. The van der Waals surface area contributed by atoms with Crippen molar-refractivity contribution in [2.45, 2.75) is 6.43 Å². The van der Waals surface area contributed by atoms with E-state index in [2.05, 4.69) is 0 Å². The fourth-order valence-electron chi connectivity index (χ4n) is 0.0690. The van der Waals surface area contributed by atoms with E-state index in [0.29, 0.717) is 0 Å². The van der Waals surface area contributed by atoms with E-state index >= 15 is 0 Å². The van der Waals surface area contributed by atoms with E-state index in [0.717, 1.165) is 0 Å². The largest absolute Gasteiger partial charge is 0.317 e. The van der Waals surface area contributed by atoms with Crippen LogP contribution in [0.15, 0.2) is 0 Å². The molecule has 0 atom stereocenters. The molecular formula is C2H5F2NO. The van der Waals surface area contributed by atoms with Crippen LogP contribution in [0, 0.1) is 0 Å². The van der Waals surface area contributed by atoms with Crippen LogP contribution in [0.4, 0.5) is 8.78 Å². The zero-order valence-electron chi connectivity index (χ0n) is 2.99. The molecular weight excluding hydrogens is 92.0 g/mol. The van der Waals surface area contributed by atoms with Gasteiger partial charge in [0.05, 0.1) is 6.54 Å². The number of hydroxylamine groups is 1. The van der Waals surface area contributed by atoms with Crippen molar-refractivity contribution in [3.8, 4) is 0 Å². The van der Waals surface area contributed by atoms with Gasteiger partial charge in [0.25, 0.3) is 6.43 Å². The molecule has 0 saturated heterocycles. The number of nitrogens with one attached hydrogen (secondary N) is 1. The molecule has 6 heavy (non-hydrogen) atoms. The van der Waals surface area contributed by atoms with Crippen molar-refractivity contribution in [3.05, 3.63) is 0 Å². The normalized spacial score (nSPS) is 10.0. The molecule has 0 bridgehead atoms. The molecule has 0 saturated carbocycles. The van der Waals surface area contributed by atoms with Gasteiger partial charge in [0.15, 0.2) is 0 Å². The summed E-state index contributed by atoms with van der Waals surface area (Å²) in [6.45, 7) is -0.653. The van der Waals surface area contributed by atoms with Crippen LogP contribution >= 0.6 is 0 Å². The van der Waals surface area contributed by atoms with Crippen LogP contribution in [-0.2, 0) is 0 Å². The first kappa shape index (κ1) is 5.78. The Morgan fingerprint density at radius 1 is 1.67 bits per heavy atom. The van der Waals surface area contributed by atoms with Gasteiger partial charge in [-0.05, 0) is 0 Å². The second kappa shape index (κ2) is 2.99. The van der Waals surface area contributed by atoms with Gasteiger partial charge >= 0.3 is 0 Å². The number of alkyl halides is 2. The monoisotopic (exact) mass is 97.0 g/mol. The number of hydrogen-bond acceptors (Lipinski definition) is 2. The van der Waals surface area contributed by atoms with Gasteiger partial charge < -0.3 is 5.21 Å². The van der Waals surface area contributed by atoms with Gasteiger partial charge in [0, 0.05) is 0 Å². The molecule has 0 amide bonds. The molecule has 0 unspecified atom stereocenters. The predicted molar refractivity (Wildman–Crippen MR) is 15.8 cm³/mol. The van der Waals surface area contributed by atoms with Gasteiger partial charge in [-0.15, -0.1) is 0 Å². The van der Waals surface area contributed by atoms with Crippen molar-refractivity contribution in [3.63, 3.8) is 0 Å². The quantitative estimate of drug-likeness (QED) is 0.483. The Hall–Kier alpha value is -0.220. The first-order valence-electron chi connectivity index (χ1n) is 1.42. The van der Waals surface area contributed by atoms with Crippen molar-refractivity contribution >= 4 is 0 Å². The van der Waals surface area contributed by atoms with Crippen molar-refractivity contribution in [1.82, 2.24) is 5.48 Å². The Bertz CT molecular complexity index is 32.7. The highest BCUT2D eigenvalue weighted by molar-refractivity contribution is 4.32. The van der Waals surface area contributed by atoms with E-state index in [4.69, 9.17) is 5.21 Å². The molecule has 0 spiro atoms. The smallest absolute Gasteiger partial charge is 0.253 e. The van der Waals surface area contributed by atoms with Crippen molar-refractivity contribution in [1.29, 1.82) is 0 Å². The number of halogens is 2. The maximum absolute atomic E-state index is 10.8. The summed E-state index contributed by atoms with van der Waals surface area (Å²) in [5, 5.41) is 7.51. The first-order valence-corrected chi connectivity index (χ1v) is 1.42. The van der Waals surface area contributed by atoms with Gasteiger partial charge in [-0.2, -0.15) is 5.48 Å². The second-order valence-electron chi connectivity index (χ2n) is 0.753. The van der Waals surface area contributed by atoms with Crippen LogP contribution in [0.2, 0.25) is 0 Å². The van der Waals surface area contributed by atoms with E-state index in [1.165, 1.54) is 5.48 Å². The molecule has 2 nitrogen and oxygen atoms in total. The summed E-state index contributed by atoms with van der Waals surface area (Å²) in [5.41, 5.74) is 1.32. The molecule has 0 aromatic heterocycles. The molecule has 2 N–H and O–H groups in total. The van der Waals surface area contributed by atoms with Gasteiger partial charge in [0.1, 0.15) is 0 Å². The molecule has 0 heterocycles. The summed E-state index contributed by atoms with van der Waals surface area (Å²) in [5.74, 6) is 0. The van der Waals surface area contributed by atoms with Crippen molar-refractivity contribution in [2.75, 3.05) is 6.54 Å². The Labute approximate surface area is 33.7 Å². The SMILES string of the molecule is ONCC(F)F. The molecule has 0 aliphatic rings. The fraction of sp³-hybridized carbons (Fsp3) is 1.00. The Balaban J connectivity index is 2.63. The lowest BCUT2D eigenvalue weighted by Crippen LogP contribution is -2.15. The molecule has 0 aliphatic carbocycles. The Morgan fingerprint density at radius 3 is 2.17 bits per heavy atom. The van der Waals surface area contributed by atoms with Crippen LogP contribution in [0.1, 0.15) is 0 Å². The van der Waals surface area contributed by atoms with Crippen molar-refractivity contribution in [2.24, 2.45) is 0 Å². The van der Waals surface area contributed by atoms with E-state index in [1.54, 1.807) is 0 Å². The molecule has 0 radical (unpaired) electrons. The van der Waals surface area contributed by atoms with E-state index in [-0.39, 0.29) is 0 Å². The predicted octanol–water partition coefficient (Wildman–Crippen LogP) is 0.230. The summed E-state index contributed by atoms with van der Waals surface area (Å²) in [4.78, 5) is 0. The van der Waals surface area contributed by atoms with Gasteiger partial charge in [-0.1, -0.05) is 0 Å². The van der Waals surface area contributed by atoms with Crippen molar-refractivity contribution < 1.29 is 14.0 Å². The van der Waals surface area contributed by atoms with Gasteiger partial charge in [-0.3, -0.25) is 0 Å². The molecule has 4 heteroatoms. The number of hydrogen-bond donors (Lipinski definition) is 2. The van der Waals surface area contributed by atoms with E-state index in [1.807, 2.05) is 0 Å². The van der Waals surface area contributed by atoms with Gasteiger partial charge in [-0.25, -0.2) is 8.78 Å². The van der Waals surface area contributed by atoms with Crippen LogP contribution in [0.25, 0.3) is 0 Å². The molecule has 0 aliphatic heterocycles. The average Bonchev–Trinajstić information content (AvgIpc) is 1.35. The summed E-state index contributed by atoms with van der Waals surface area (Å²) in [6.07, 6.45) is -2.46.